The number of phenols is 2. The lowest BCUT2D eigenvalue weighted by molar-refractivity contribution is -0.131. The Morgan fingerprint density at radius 2 is 2.00 bits per heavy atom. The molecule has 1 aliphatic rings. The second kappa shape index (κ2) is 7.67. The lowest BCUT2D eigenvalue weighted by Crippen LogP contribution is -2.36. The number of methoxy groups -OCH3 is 1. The highest BCUT2D eigenvalue weighted by atomic mass is 35.5. The maximum absolute atomic E-state index is 12.8. The molecule has 0 saturated carbocycles. The number of benzene rings is 2. The molecule has 0 saturated heterocycles. The third-order valence-corrected chi connectivity index (χ3v) is 5.42. The average Bonchev–Trinajstić information content (AvgIpc) is 3.14. The molecule has 29 heavy (non-hydrogen) atoms. The van der Waals surface area contributed by atoms with Crippen molar-refractivity contribution in [1.82, 2.24) is 15.1 Å². The Kier molecular flexibility index (Phi) is 5.07. The van der Waals surface area contributed by atoms with E-state index in [1.165, 1.54) is 12.1 Å². The monoisotopic (exact) mass is 413 g/mol. The fourth-order valence-corrected chi connectivity index (χ4v) is 3.66. The van der Waals surface area contributed by atoms with Gasteiger partial charge in [-0.2, -0.15) is 5.10 Å². The summed E-state index contributed by atoms with van der Waals surface area (Å²) < 4.78 is 5.15. The van der Waals surface area contributed by atoms with Crippen molar-refractivity contribution in [2.75, 3.05) is 13.7 Å². The van der Waals surface area contributed by atoms with Gasteiger partial charge in [0.25, 0.3) is 0 Å². The van der Waals surface area contributed by atoms with Crippen molar-refractivity contribution in [2.24, 2.45) is 0 Å². The van der Waals surface area contributed by atoms with Crippen LogP contribution in [-0.2, 0) is 24.2 Å². The standard InChI is InChI=1S/C21H20ClN3O4/c1-29-13-4-2-12(3-5-13)8-20(28)25-7-6-17-15(11-25)21(24-23-17)14-9-16(22)19(27)10-18(14)26/h2-5,9-10,26-27H,6-8,11H2,1H3,(H,23,24). The number of H-pyrrole nitrogens is 1. The fraction of sp³-hybridized carbons (Fsp3) is 0.238. The van der Waals surface area contributed by atoms with Crippen LogP contribution in [0.3, 0.4) is 0 Å². The van der Waals surface area contributed by atoms with E-state index in [0.717, 1.165) is 22.6 Å². The van der Waals surface area contributed by atoms with E-state index in [1.807, 2.05) is 24.3 Å². The maximum Gasteiger partial charge on any atom is 0.227 e. The van der Waals surface area contributed by atoms with Crippen LogP contribution in [0.25, 0.3) is 11.3 Å². The summed E-state index contributed by atoms with van der Waals surface area (Å²) in [5.41, 5.74) is 3.63. The minimum absolute atomic E-state index is 0.0147. The number of halogens is 1. The minimum atomic E-state index is -0.200. The zero-order valence-electron chi connectivity index (χ0n) is 15.8. The van der Waals surface area contributed by atoms with Gasteiger partial charge in [-0.1, -0.05) is 23.7 Å². The molecular formula is C21H20ClN3O4. The SMILES string of the molecule is COc1ccc(CC(=O)N2CCc3[nH]nc(-c4cc(Cl)c(O)cc4O)c3C2)cc1. The van der Waals surface area contributed by atoms with Gasteiger partial charge in [0.05, 0.1) is 18.6 Å². The molecule has 1 aliphatic heterocycles. The molecule has 3 aromatic rings. The molecule has 0 fully saturated rings. The first-order chi connectivity index (χ1) is 14.0. The van der Waals surface area contributed by atoms with Gasteiger partial charge in [0.15, 0.2) is 0 Å². The number of ether oxygens (including phenoxy) is 1. The molecule has 150 valence electrons. The quantitative estimate of drug-likeness (QED) is 0.609. The third-order valence-electron chi connectivity index (χ3n) is 5.12. The number of carbonyl (C=O) groups is 1. The number of phenolic OH excluding ortho intramolecular Hbond substituents is 2. The molecular weight excluding hydrogens is 394 g/mol. The van der Waals surface area contributed by atoms with Crippen molar-refractivity contribution < 1.29 is 19.7 Å². The Balaban J connectivity index is 1.56. The number of hydrogen-bond donors (Lipinski definition) is 3. The van der Waals surface area contributed by atoms with Crippen LogP contribution in [0.1, 0.15) is 16.8 Å². The van der Waals surface area contributed by atoms with Crippen LogP contribution in [-0.4, -0.2) is 44.9 Å². The number of carbonyl (C=O) groups excluding carboxylic acids is 1. The number of nitrogens with zero attached hydrogens (tertiary/aromatic N) is 2. The summed E-state index contributed by atoms with van der Waals surface area (Å²) in [4.78, 5) is 14.6. The molecule has 1 amide bonds. The summed E-state index contributed by atoms with van der Waals surface area (Å²) in [6.07, 6.45) is 0.937. The van der Waals surface area contributed by atoms with Crippen molar-refractivity contribution in [3.63, 3.8) is 0 Å². The predicted octanol–water partition coefficient (Wildman–Crippen LogP) is 3.28. The number of aromatic hydroxyl groups is 2. The number of aromatic amines is 1. The molecule has 7 nitrogen and oxygen atoms in total. The molecule has 2 heterocycles. The largest absolute Gasteiger partial charge is 0.507 e. The maximum atomic E-state index is 12.8. The van der Waals surface area contributed by atoms with Gasteiger partial charge in [0, 0.05) is 42.4 Å². The summed E-state index contributed by atoms with van der Waals surface area (Å²) in [6, 6.07) is 10.1. The predicted molar refractivity (Wildman–Crippen MR) is 108 cm³/mol. The van der Waals surface area contributed by atoms with Crippen molar-refractivity contribution in [1.29, 1.82) is 0 Å². The van der Waals surface area contributed by atoms with Gasteiger partial charge < -0.3 is 19.8 Å². The van der Waals surface area contributed by atoms with Gasteiger partial charge in [-0.25, -0.2) is 0 Å². The van der Waals surface area contributed by atoms with Crippen molar-refractivity contribution >= 4 is 17.5 Å². The summed E-state index contributed by atoms with van der Waals surface area (Å²) >= 11 is 6.00. The summed E-state index contributed by atoms with van der Waals surface area (Å²) in [6.45, 7) is 0.972. The van der Waals surface area contributed by atoms with E-state index in [4.69, 9.17) is 16.3 Å². The van der Waals surface area contributed by atoms with Crippen LogP contribution in [0, 0.1) is 0 Å². The third kappa shape index (κ3) is 3.73. The summed E-state index contributed by atoms with van der Waals surface area (Å²) in [5.74, 6) is 0.441. The topological polar surface area (TPSA) is 98.7 Å². The number of fused-ring (bicyclic) bond motifs is 1. The van der Waals surface area contributed by atoms with Crippen molar-refractivity contribution in [2.45, 2.75) is 19.4 Å². The first-order valence-electron chi connectivity index (χ1n) is 9.15. The molecule has 0 atom stereocenters. The highest BCUT2D eigenvalue weighted by molar-refractivity contribution is 6.32. The van der Waals surface area contributed by atoms with E-state index in [0.29, 0.717) is 37.2 Å². The van der Waals surface area contributed by atoms with Gasteiger partial charge in [-0.05, 0) is 23.8 Å². The number of nitrogens with one attached hydrogen (secondary N) is 1. The van der Waals surface area contributed by atoms with E-state index in [2.05, 4.69) is 10.2 Å². The van der Waals surface area contributed by atoms with Crippen LogP contribution in [0.2, 0.25) is 5.02 Å². The molecule has 0 unspecified atom stereocenters. The molecule has 0 aliphatic carbocycles. The molecule has 3 N–H and O–H groups in total. The second-order valence-electron chi connectivity index (χ2n) is 6.94. The summed E-state index contributed by atoms with van der Waals surface area (Å²) in [7, 11) is 1.60. The van der Waals surface area contributed by atoms with Gasteiger partial charge in [0.1, 0.15) is 22.9 Å². The number of aromatic nitrogens is 2. The Labute approximate surface area is 172 Å². The lowest BCUT2D eigenvalue weighted by atomic mass is 9.99. The zero-order chi connectivity index (χ0) is 20.5. The van der Waals surface area contributed by atoms with E-state index in [1.54, 1.807) is 12.0 Å². The number of hydrogen-bond acceptors (Lipinski definition) is 5. The van der Waals surface area contributed by atoms with Crippen LogP contribution >= 0.6 is 11.6 Å². The number of amides is 1. The highest BCUT2D eigenvalue weighted by Gasteiger charge is 2.27. The Morgan fingerprint density at radius 1 is 1.24 bits per heavy atom. The Hall–Kier alpha value is -3.19. The van der Waals surface area contributed by atoms with Gasteiger partial charge in [-0.15, -0.1) is 0 Å². The first kappa shape index (κ1) is 19.1. The zero-order valence-corrected chi connectivity index (χ0v) is 16.5. The van der Waals surface area contributed by atoms with Gasteiger partial charge >= 0.3 is 0 Å². The molecule has 1 aromatic heterocycles. The smallest absolute Gasteiger partial charge is 0.227 e. The Bertz CT molecular complexity index is 1060. The fourth-order valence-electron chi connectivity index (χ4n) is 3.50. The van der Waals surface area contributed by atoms with E-state index >= 15 is 0 Å². The Morgan fingerprint density at radius 3 is 2.72 bits per heavy atom. The van der Waals surface area contributed by atoms with Crippen molar-refractivity contribution in [3.8, 4) is 28.5 Å². The van der Waals surface area contributed by atoms with Crippen LogP contribution in [0.15, 0.2) is 36.4 Å². The average molecular weight is 414 g/mol. The van der Waals surface area contributed by atoms with Crippen LogP contribution in [0.4, 0.5) is 0 Å². The van der Waals surface area contributed by atoms with E-state index in [-0.39, 0.29) is 22.4 Å². The molecule has 0 radical (unpaired) electrons. The normalized spacial score (nSPS) is 13.2. The van der Waals surface area contributed by atoms with Gasteiger partial charge in [-0.3, -0.25) is 9.89 Å². The number of rotatable bonds is 4. The lowest BCUT2D eigenvalue weighted by Gasteiger charge is -2.27. The molecule has 2 aromatic carbocycles. The van der Waals surface area contributed by atoms with Crippen molar-refractivity contribution in [3.05, 3.63) is 58.2 Å². The van der Waals surface area contributed by atoms with Crippen LogP contribution < -0.4 is 4.74 Å². The second-order valence-corrected chi connectivity index (χ2v) is 7.35. The van der Waals surface area contributed by atoms with Crippen LogP contribution in [0.5, 0.6) is 17.2 Å². The van der Waals surface area contributed by atoms with E-state index < -0.39 is 0 Å². The molecule has 0 spiro atoms. The molecule has 4 rings (SSSR count). The van der Waals surface area contributed by atoms with E-state index in [9.17, 15) is 15.0 Å². The molecule has 0 bridgehead atoms. The summed E-state index contributed by atoms with van der Waals surface area (Å²) in [5, 5.41) is 27.3. The first-order valence-corrected chi connectivity index (χ1v) is 9.52. The highest BCUT2D eigenvalue weighted by Crippen LogP contribution is 2.39. The van der Waals surface area contributed by atoms with Gasteiger partial charge in [0.2, 0.25) is 5.91 Å². The molecule has 8 heteroatoms. The minimum Gasteiger partial charge on any atom is -0.507 e.